The van der Waals surface area contributed by atoms with Crippen molar-refractivity contribution >= 4 is 11.3 Å². The van der Waals surface area contributed by atoms with Gasteiger partial charge in [-0.3, -0.25) is 4.98 Å². The molecule has 0 amide bonds. The van der Waals surface area contributed by atoms with Gasteiger partial charge in [-0.15, -0.1) is 11.3 Å². The zero-order valence-corrected chi connectivity index (χ0v) is 11.5. The lowest BCUT2D eigenvalue weighted by Gasteiger charge is -1.99. The summed E-state index contributed by atoms with van der Waals surface area (Å²) in [4.78, 5) is 9.04. The average molecular weight is 266 g/mol. The normalized spacial score (nSPS) is 10.6. The third-order valence-corrected chi connectivity index (χ3v) is 3.89. The van der Waals surface area contributed by atoms with Gasteiger partial charge in [0.25, 0.3) is 0 Å². The second-order valence-electron chi connectivity index (χ2n) is 4.29. The maximum atomic E-state index is 4.72. The molecule has 0 radical (unpaired) electrons. The molecule has 0 saturated heterocycles. The maximum Gasteiger partial charge on any atom is 0.124 e. The summed E-state index contributed by atoms with van der Waals surface area (Å²) in [6, 6.07) is 14.4. The molecule has 19 heavy (non-hydrogen) atoms. The van der Waals surface area contributed by atoms with Crippen LogP contribution in [0.25, 0.3) is 21.8 Å². The highest BCUT2D eigenvalue weighted by atomic mass is 32.1. The van der Waals surface area contributed by atoms with Crippen LogP contribution in [-0.4, -0.2) is 9.97 Å². The highest BCUT2D eigenvalue weighted by Gasteiger charge is 2.06. The lowest BCUT2D eigenvalue weighted by Crippen LogP contribution is -1.87. The van der Waals surface area contributed by atoms with Crippen molar-refractivity contribution in [2.45, 2.75) is 13.3 Å². The van der Waals surface area contributed by atoms with Crippen molar-refractivity contribution in [3.63, 3.8) is 0 Å². The Bertz CT molecular complexity index is 674. The second-order valence-corrected chi connectivity index (χ2v) is 5.15. The molecule has 3 rings (SSSR count). The molecule has 0 bridgehead atoms. The Labute approximate surface area is 116 Å². The van der Waals surface area contributed by atoms with Crippen LogP contribution in [0.3, 0.4) is 0 Å². The van der Waals surface area contributed by atoms with E-state index in [0.717, 1.165) is 33.9 Å². The number of thiazole rings is 1. The van der Waals surface area contributed by atoms with Crippen LogP contribution >= 0.6 is 11.3 Å². The van der Waals surface area contributed by atoms with Crippen molar-refractivity contribution in [3.05, 3.63) is 59.7 Å². The third kappa shape index (κ3) is 2.56. The molecule has 1 aromatic carbocycles. The summed E-state index contributed by atoms with van der Waals surface area (Å²) in [6.07, 6.45) is 2.81. The summed E-state index contributed by atoms with van der Waals surface area (Å²) in [5.41, 5.74) is 4.46. The molecule has 94 valence electrons. The Morgan fingerprint density at radius 1 is 1.05 bits per heavy atom. The van der Waals surface area contributed by atoms with Gasteiger partial charge < -0.3 is 0 Å². The highest BCUT2D eigenvalue weighted by Crippen LogP contribution is 2.28. The van der Waals surface area contributed by atoms with Crippen LogP contribution in [0.2, 0.25) is 0 Å². The number of aryl methyl sites for hydroxylation is 1. The van der Waals surface area contributed by atoms with Crippen LogP contribution in [-0.2, 0) is 6.42 Å². The SMILES string of the molecule is CCc1cc(-c2nc(-c3ccccc3)cs2)ccn1. The Morgan fingerprint density at radius 3 is 2.68 bits per heavy atom. The molecule has 0 aliphatic rings. The summed E-state index contributed by atoms with van der Waals surface area (Å²) in [6.45, 7) is 2.11. The van der Waals surface area contributed by atoms with Crippen molar-refractivity contribution in [1.29, 1.82) is 0 Å². The third-order valence-electron chi connectivity index (χ3n) is 3.00. The molecule has 2 aromatic heterocycles. The molecule has 3 heteroatoms. The number of hydrogen-bond donors (Lipinski definition) is 0. The van der Waals surface area contributed by atoms with Crippen LogP contribution in [0.5, 0.6) is 0 Å². The van der Waals surface area contributed by atoms with Crippen molar-refractivity contribution in [2.24, 2.45) is 0 Å². The number of aromatic nitrogens is 2. The molecule has 0 aliphatic carbocycles. The molecule has 3 aromatic rings. The second kappa shape index (κ2) is 5.33. The first-order chi connectivity index (χ1) is 9.36. The van der Waals surface area contributed by atoms with E-state index in [1.165, 1.54) is 0 Å². The minimum absolute atomic E-state index is 0.949. The van der Waals surface area contributed by atoms with Gasteiger partial charge in [0.1, 0.15) is 5.01 Å². The van der Waals surface area contributed by atoms with E-state index in [-0.39, 0.29) is 0 Å². The van der Waals surface area contributed by atoms with Crippen LogP contribution in [0.4, 0.5) is 0 Å². The van der Waals surface area contributed by atoms with E-state index in [2.05, 4.69) is 35.5 Å². The summed E-state index contributed by atoms with van der Waals surface area (Å²) in [5.74, 6) is 0. The summed E-state index contributed by atoms with van der Waals surface area (Å²) < 4.78 is 0. The topological polar surface area (TPSA) is 25.8 Å². The van der Waals surface area contributed by atoms with Gasteiger partial charge in [0.05, 0.1) is 5.69 Å². The maximum absolute atomic E-state index is 4.72. The van der Waals surface area contributed by atoms with E-state index in [0.29, 0.717) is 0 Å². The van der Waals surface area contributed by atoms with Gasteiger partial charge in [0.15, 0.2) is 0 Å². The minimum atomic E-state index is 0.949. The van der Waals surface area contributed by atoms with Crippen LogP contribution in [0.15, 0.2) is 54.0 Å². The summed E-state index contributed by atoms with van der Waals surface area (Å²) in [7, 11) is 0. The Kier molecular flexibility index (Phi) is 3.38. The molecule has 0 N–H and O–H groups in total. The van der Waals surface area contributed by atoms with Crippen LogP contribution in [0, 0.1) is 0 Å². The summed E-state index contributed by atoms with van der Waals surface area (Å²) >= 11 is 1.68. The van der Waals surface area contributed by atoms with Gasteiger partial charge in [0.2, 0.25) is 0 Å². The van der Waals surface area contributed by atoms with Gasteiger partial charge in [-0.25, -0.2) is 4.98 Å². The van der Waals surface area contributed by atoms with E-state index < -0.39 is 0 Å². The number of benzene rings is 1. The minimum Gasteiger partial charge on any atom is -0.261 e. The number of rotatable bonds is 3. The fourth-order valence-electron chi connectivity index (χ4n) is 1.95. The van der Waals surface area contributed by atoms with Crippen molar-refractivity contribution in [1.82, 2.24) is 9.97 Å². The molecule has 0 atom stereocenters. The van der Waals surface area contributed by atoms with E-state index in [9.17, 15) is 0 Å². The quantitative estimate of drug-likeness (QED) is 0.700. The first kappa shape index (κ1) is 12.1. The van der Waals surface area contributed by atoms with E-state index in [1.807, 2.05) is 30.5 Å². The number of hydrogen-bond acceptors (Lipinski definition) is 3. The molecular weight excluding hydrogens is 252 g/mol. The van der Waals surface area contributed by atoms with Gasteiger partial charge >= 0.3 is 0 Å². The molecule has 0 unspecified atom stereocenters. The fourth-order valence-corrected chi connectivity index (χ4v) is 2.78. The van der Waals surface area contributed by atoms with E-state index in [1.54, 1.807) is 11.3 Å². The molecule has 0 spiro atoms. The molecule has 0 aliphatic heterocycles. The monoisotopic (exact) mass is 266 g/mol. The van der Waals surface area contributed by atoms with Gasteiger partial charge in [0, 0.05) is 28.4 Å². The number of pyridine rings is 1. The standard InChI is InChI=1S/C16H14N2S/c1-2-14-10-13(8-9-17-14)16-18-15(11-19-16)12-6-4-3-5-7-12/h3-11H,2H2,1H3. The molecule has 2 nitrogen and oxygen atoms in total. The van der Waals surface area contributed by atoms with Crippen molar-refractivity contribution in [3.8, 4) is 21.8 Å². The van der Waals surface area contributed by atoms with Crippen LogP contribution < -0.4 is 0 Å². The smallest absolute Gasteiger partial charge is 0.124 e. The first-order valence-electron chi connectivity index (χ1n) is 6.33. The van der Waals surface area contributed by atoms with Gasteiger partial charge in [-0.1, -0.05) is 37.3 Å². The summed E-state index contributed by atoms with van der Waals surface area (Å²) in [5, 5.41) is 3.16. The molecular formula is C16H14N2S. The Balaban J connectivity index is 1.97. The highest BCUT2D eigenvalue weighted by molar-refractivity contribution is 7.13. The van der Waals surface area contributed by atoms with Crippen molar-refractivity contribution < 1.29 is 0 Å². The zero-order valence-electron chi connectivity index (χ0n) is 10.7. The zero-order chi connectivity index (χ0) is 13.1. The lowest BCUT2D eigenvalue weighted by molar-refractivity contribution is 1.04. The van der Waals surface area contributed by atoms with Gasteiger partial charge in [-0.05, 0) is 18.6 Å². The van der Waals surface area contributed by atoms with E-state index >= 15 is 0 Å². The Morgan fingerprint density at radius 2 is 1.89 bits per heavy atom. The first-order valence-corrected chi connectivity index (χ1v) is 7.21. The lowest BCUT2D eigenvalue weighted by atomic mass is 10.2. The fraction of sp³-hybridized carbons (Fsp3) is 0.125. The number of nitrogens with zero attached hydrogens (tertiary/aromatic N) is 2. The molecule has 0 fully saturated rings. The average Bonchev–Trinajstić information content (AvgIpc) is 2.98. The molecule has 0 saturated carbocycles. The predicted molar refractivity (Wildman–Crippen MR) is 80.2 cm³/mol. The largest absolute Gasteiger partial charge is 0.261 e. The molecule has 2 heterocycles. The van der Waals surface area contributed by atoms with Gasteiger partial charge in [-0.2, -0.15) is 0 Å². The van der Waals surface area contributed by atoms with E-state index in [4.69, 9.17) is 4.98 Å². The van der Waals surface area contributed by atoms with Crippen LogP contribution in [0.1, 0.15) is 12.6 Å². The van der Waals surface area contributed by atoms with Crippen molar-refractivity contribution in [2.75, 3.05) is 0 Å². The Hall–Kier alpha value is -2.00. The predicted octanol–water partition coefficient (Wildman–Crippen LogP) is 4.43.